The lowest BCUT2D eigenvalue weighted by molar-refractivity contribution is -0.111. The van der Waals surface area contributed by atoms with Crippen LogP contribution in [0.2, 0.25) is 0 Å². The van der Waals surface area contributed by atoms with Crippen molar-refractivity contribution in [2.24, 2.45) is 4.99 Å². The van der Waals surface area contributed by atoms with E-state index >= 15 is 0 Å². The van der Waals surface area contributed by atoms with Crippen molar-refractivity contribution in [3.63, 3.8) is 0 Å². The van der Waals surface area contributed by atoms with Gasteiger partial charge in [-0.1, -0.05) is 24.3 Å². The quantitative estimate of drug-likeness (QED) is 0.764. The second-order valence-electron chi connectivity index (χ2n) is 3.96. The van der Waals surface area contributed by atoms with Crippen LogP contribution >= 0.6 is 0 Å². The molecule has 18 heavy (non-hydrogen) atoms. The minimum absolute atomic E-state index is 0.168. The van der Waals surface area contributed by atoms with Gasteiger partial charge in [0.15, 0.2) is 0 Å². The highest BCUT2D eigenvalue weighted by molar-refractivity contribution is 6.35. The van der Waals surface area contributed by atoms with E-state index in [-0.39, 0.29) is 5.91 Å². The number of hydrogen-bond donors (Lipinski definition) is 0. The van der Waals surface area contributed by atoms with E-state index in [0.717, 1.165) is 11.3 Å². The van der Waals surface area contributed by atoms with E-state index in [9.17, 15) is 4.79 Å². The van der Waals surface area contributed by atoms with Crippen molar-refractivity contribution < 1.29 is 4.79 Å². The van der Waals surface area contributed by atoms with E-state index in [4.69, 9.17) is 0 Å². The Morgan fingerprint density at radius 1 is 1.06 bits per heavy atom. The predicted octanol–water partition coefficient (Wildman–Crippen LogP) is 2.33. The maximum atomic E-state index is 12.1. The average Bonchev–Trinajstić information content (AvgIpc) is 2.58. The number of carbonyl (C=O) groups is 1. The summed E-state index contributed by atoms with van der Waals surface area (Å²) in [4.78, 5) is 22.1. The number of para-hydroxylation sites is 1. The molecule has 0 saturated carbocycles. The molecule has 0 N–H and O–H groups in total. The average molecular weight is 237 g/mol. The largest absolute Gasteiger partial charge is 0.283 e. The van der Waals surface area contributed by atoms with Crippen LogP contribution in [0.1, 0.15) is 5.56 Å². The zero-order chi connectivity index (χ0) is 12.4. The van der Waals surface area contributed by atoms with Gasteiger partial charge in [-0.05, 0) is 23.8 Å². The number of pyridine rings is 1. The van der Waals surface area contributed by atoms with Crippen molar-refractivity contribution in [1.29, 1.82) is 0 Å². The molecular weight excluding hydrogens is 226 g/mol. The summed E-state index contributed by atoms with van der Waals surface area (Å²) in [6.07, 6.45) is 3.03. The van der Waals surface area contributed by atoms with Crippen molar-refractivity contribution >= 4 is 23.6 Å². The maximum absolute atomic E-state index is 12.1. The van der Waals surface area contributed by atoms with Crippen LogP contribution in [0.3, 0.4) is 0 Å². The molecule has 88 valence electrons. The SMILES string of the molecule is O=C1C=NCc2ccccc2N1c1ccccn1. The number of rotatable bonds is 1. The lowest BCUT2D eigenvalue weighted by atomic mass is 10.1. The molecule has 1 aromatic heterocycles. The lowest BCUT2D eigenvalue weighted by Gasteiger charge is -2.20. The van der Waals surface area contributed by atoms with Gasteiger partial charge in [-0.15, -0.1) is 0 Å². The molecule has 2 heterocycles. The first-order chi connectivity index (χ1) is 8.86. The van der Waals surface area contributed by atoms with E-state index in [2.05, 4.69) is 9.98 Å². The van der Waals surface area contributed by atoms with E-state index in [1.54, 1.807) is 11.1 Å². The van der Waals surface area contributed by atoms with E-state index in [1.807, 2.05) is 42.5 Å². The summed E-state index contributed by atoms with van der Waals surface area (Å²) in [6, 6.07) is 13.2. The Labute approximate surface area is 105 Å². The second-order valence-corrected chi connectivity index (χ2v) is 3.96. The Morgan fingerprint density at radius 3 is 2.72 bits per heavy atom. The molecule has 4 heteroatoms. The fraction of sp³-hybridized carbons (Fsp3) is 0.0714. The first-order valence-electron chi connectivity index (χ1n) is 5.69. The molecule has 2 aromatic rings. The summed E-state index contributed by atoms with van der Waals surface area (Å²) in [5.41, 5.74) is 1.86. The molecule has 0 fully saturated rings. The maximum Gasteiger partial charge on any atom is 0.274 e. The van der Waals surface area contributed by atoms with E-state index < -0.39 is 0 Å². The van der Waals surface area contributed by atoms with Crippen LogP contribution in [0.15, 0.2) is 53.7 Å². The number of aromatic nitrogens is 1. The minimum atomic E-state index is -0.168. The molecule has 0 unspecified atom stereocenters. The topological polar surface area (TPSA) is 45.6 Å². The number of amides is 1. The van der Waals surface area contributed by atoms with Gasteiger partial charge in [0.05, 0.1) is 18.4 Å². The van der Waals surface area contributed by atoms with Crippen LogP contribution in [0, 0.1) is 0 Å². The van der Waals surface area contributed by atoms with Gasteiger partial charge in [0.1, 0.15) is 5.82 Å². The summed E-state index contributed by atoms with van der Waals surface area (Å²) < 4.78 is 0. The van der Waals surface area contributed by atoms with E-state index in [0.29, 0.717) is 12.4 Å². The summed E-state index contributed by atoms with van der Waals surface area (Å²) in [6.45, 7) is 0.519. The van der Waals surface area contributed by atoms with Gasteiger partial charge in [0, 0.05) is 6.20 Å². The fourth-order valence-electron chi connectivity index (χ4n) is 1.98. The van der Waals surface area contributed by atoms with Crippen molar-refractivity contribution in [3.8, 4) is 0 Å². The van der Waals surface area contributed by atoms with Gasteiger partial charge in [-0.3, -0.25) is 14.7 Å². The van der Waals surface area contributed by atoms with Crippen LogP contribution in [-0.4, -0.2) is 17.1 Å². The number of nitrogens with zero attached hydrogens (tertiary/aromatic N) is 3. The van der Waals surface area contributed by atoms with Crippen LogP contribution in [0.25, 0.3) is 0 Å². The summed E-state index contributed by atoms with van der Waals surface area (Å²) in [5, 5.41) is 0. The van der Waals surface area contributed by atoms with Gasteiger partial charge in [0.2, 0.25) is 0 Å². The van der Waals surface area contributed by atoms with Crippen LogP contribution in [-0.2, 0) is 11.3 Å². The number of carbonyl (C=O) groups excluding carboxylic acids is 1. The lowest BCUT2D eigenvalue weighted by Crippen LogP contribution is -2.27. The first-order valence-corrected chi connectivity index (χ1v) is 5.69. The van der Waals surface area contributed by atoms with Gasteiger partial charge in [-0.25, -0.2) is 4.98 Å². The summed E-state index contributed by atoms with van der Waals surface area (Å²) in [5.74, 6) is 0.446. The molecular formula is C14H11N3O. The standard InChI is InChI=1S/C14H11N3O/c18-14-10-15-9-11-5-1-2-6-12(11)17(14)13-7-3-4-8-16-13/h1-8,10H,9H2. The molecule has 3 rings (SSSR count). The molecule has 1 aliphatic heterocycles. The van der Waals surface area contributed by atoms with Gasteiger partial charge >= 0.3 is 0 Å². The Kier molecular flexibility index (Phi) is 2.61. The van der Waals surface area contributed by atoms with Crippen LogP contribution < -0.4 is 4.90 Å². The third kappa shape index (κ3) is 1.78. The monoisotopic (exact) mass is 237 g/mol. The Balaban J connectivity index is 2.17. The molecule has 0 spiro atoms. The molecule has 0 atom stereocenters. The summed E-state index contributed by atoms with van der Waals surface area (Å²) >= 11 is 0. The highest BCUT2D eigenvalue weighted by Gasteiger charge is 2.21. The highest BCUT2D eigenvalue weighted by atomic mass is 16.2. The molecule has 4 nitrogen and oxygen atoms in total. The van der Waals surface area contributed by atoms with E-state index in [1.165, 1.54) is 6.21 Å². The number of anilines is 2. The van der Waals surface area contributed by atoms with Crippen molar-refractivity contribution in [1.82, 2.24) is 4.98 Å². The number of benzene rings is 1. The Hall–Kier alpha value is -2.49. The van der Waals surface area contributed by atoms with Gasteiger partial charge in [-0.2, -0.15) is 0 Å². The predicted molar refractivity (Wildman–Crippen MR) is 70.0 cm³/mol. The molecule has 1 aliphatic rings. The number of fused-ring (bicyclic) bond motifs is 1. The van der Waals surface area contributed by atoms with Crippen LogP contribution in [0.4, 0.5) is 11.5 Å². The van der Waals surface area contributed by atoms with Crippen molar-refractivity contribution in [2.45, 2.75) is 6.54 Å². The molecule has 0 aliphatic carbocycles. The number of aliphatic imine (C=N–C) groups is 1. The van der Waals surface area contributed by atoms with Crippen LogP contribution in [0.5, 0.6) is 0 Å². The number of hydrogen-bond acceptors (Lipinski definition) is 3. The Bertz CT molecular complexity index is 607. The van der Waals surface area contributed by atoms with Gasteiger partial charge < -0.3 is 0 Å². The molecule has 0 bridgehead atoms. The fourth-order valence-corrected chi connectivity index (χ4v) is 1.98. The third-order valence-corrected chi connectivity index (χ3v) is 2.79. The normalized spacial score (nSPS) is 14.2. The molecule has 0 radical (unpaired) electrons. The summed E-state index contributed by atoms with van der Waals surface area (Å²) in [7, 11) is 0. The smallest absolute Gasteiger partial charge is 0.274 e. The second kappa shape index (κ2) is 4.41. The minimum Gasteiger partial charge on any atom is -0.283 e. The van der Waals surface area contributed by atoms with Crippen molar-refractivity contribution in [3.05, 3.63) is 54.2 Å². The third-order valence-electron chi connectivity index (χ3n) is 2.79. The highest BCUT2D eigenvalue weighted by Crippen LogP contribution is 2.28. The molecule has 1 aromatic carbocycles. The molecule has 1 amide bonds. The first kappa shape index (κ1) is 10.7. The van der Waals surface area contributed by atoms with Gasteiger partial charge in [0.25, 0.3) is 5.91 Å². The zero-order valence-corrected chi connectivity index (χ0v) is 9.65. The van der Waals surface area contributed by atoms with Crippen molar-refractivity contribution in [2.75, 3.05) is 4.90 Å². The zero-order valence-electron chi connectivity index (χ0n) is 9.65. The molecule has 0 saturated heterocycles. The Morgan fingerprint density at radius 2 is 1.89 bits per heavy atom.